The highest BCUT2D eigenvalue weighted by molar-refractivity contribution is 5.96. The molecule has 0 spiro atoms. The highest BCUT2D eigenvalue weighted by Crippen LogP contribution is 2.31. The van der Waals surface area contributed by atoms with Crippen molar-refractivity contribution in [3.8, 4) is 5.75 Å². The van der Waals surface area contributed by atoms with Gasteiger partial charge in [-0.3, -0.25) is 4.79 Å². The van der Waals surface area contributed by atoms with Gasteiger partial charge >= 0.3 is 5.97 Å². The predicted molar refractivity (Wildman–Crippen MR) is 137 cm³/mol. The third kappa shape index (κ3) is 6.74. The summed E-state index contributed by atoms with van der Waals surface area (Å²) in [5.74, 6) is 0.850. The molecule has 186 valence electrons. The van der Waals surface area contributed by atoms with Gasteiger partial charge in [-0.05, 0) is 87.5 Å². The van der Waals surface area contributed by atoms with E-state index < -0.39 is 6.04 Å². The van der Waals surface area contributed by atoms with Gasteiger partial charge in [0.05, 0.1) is 13.7 Å². The maximum atomic E-state index is 13.2. The molecule has 0 aromatic heterocycles. The number of nitrogens with zero attached hydrogens (tertiary/aromatic N) is 1. The van der Waals surface area contributed by atoms with E-state index in [2.05, 4.69) is 38.6 Å². The Labute approximate surface area is 205 Å². The van der Waals surface area contributed by atoms with Crippen LogP contribution in [0.3, 0.4) is 0 Å². The molecule has 1 atom stereocenters. The van der Waals surface area contributed by atoms with Crippen molar-refractivity contribution < 1.29 is 19.1 Å². The summed E-state index contributed by atoms with van der Waals surface area (Å²) in [5, 5.41) is 0. The van der Waals surface area contributed by atoms with Crippen molar-refractivity contribution in [1.82, 2.24) is 4.90 Å². The summed E-state index contributed by atoms with van der Waals surface area (Å²) in [4.78, 5) is 27.7. The van der Waals surface area contributed by atoms with E-state index >= 15 is 0 Å². The summed E-state index contributed by atoms with van der Waals surface area (Å²) in [5.41, 5.74) is 4.15. The molecule has 0 N–H and O–H groups in total. The van der Waals surface area contributed by atoms with E-state index in [0.717, 1.165) is 68.2 Å². The Hall–Kier alpha value is -2.56. The van der Waals surface area contributed by atoms with Gasteiger partial charge in [0.1, 0.15) is 11.8 Å². The topological polar surface area (TPSA) is 55.8 Å². The number of hydrogen-bond acceptors (Lipinski definition) is 4. The smallest absolute Gasteiger partial charge is 0.328 e. The number of rotatable bonds is 9. The largest absolute Gasteiger partial charge is 0.496 e. The van der Waals surface area contributed by atoms with E-state index in [-0.39, 0.29) is 17.8 Å². The van der Waals surface area contributed by atoms with Crippen LogP contribution in [-0.4, -0.2) is 43.1 Å². The van der Waals surface area contributed by atoms with E-state index in [0.29, 0.717) is 25.1 Å². The maximum absolute atomic E-state index is 13.2. The number of aryl methyl sites for hydroxylation is 1. The summed E-state index contributed by atoms with van der Waals surface area (Å²) in [6.45, 7) is 9.25. The quantitative estimate of drug-likeness (QED) is 0.248. The molecular formula is C29H41NO4. The summed E-state index contributed by atoms with van der Waals surface area (Å²) >= 11 is 0. The van der Waals surface area contributed by atoms with E-state index in [1.165, 1.54) is 12.0 Å². The van der Waals surface area contributed by atoms with Gasteiger partial charge in [-0.2, -0.15) is 0 Å². The Morgan fingerprint density at radius 2 is 1.82 bits per heavy atom. The molecule has 34 heavy (non-hydrogen) atoms. The van der Waals surface area contributed by atoms with Gasteiger partial charge in [-0.1, -0.05) is 44.1 Å². The fourth-order valence-electron chi connectivity index (χ4n) is 5.08. The molecule has 1 aliphatic heterocycles. The van der Waals surface area contributed by atoms with Gasteiger partial charge in [0.25, 0.3) is 0 Å². The molecule has 1 heterocycles. The number of likely N-dealkylation sites (tertiary alicyclic amines) is 1. The monoisotopic (exact) mass is 467 g/mol. The van der Waals surface area contributed by atoms with Crippen LogP contribution >= 0.6 is 0 Å². The summed E-state index contributed by atoms with van der Waals surface area (Å²) in [6, 6.07) is 3.71. The van der Waals surface area contributed by atoms with Crippen molar-refractivity contribution in [2.24, 2.45) is 5.92 Å². The molecule has 1 amide bonds. The number of carbonyl (C=O) groups is 2. The Kier molecular flexibility index (Phi) is 9.79. The first kappa shape index (κ1) is 26.1. The minimum absolute atomic E-state index is 0.0414. The highest BCUT2D eigenvalue weighted by atomic mass is 16.5. The molecule has 1 unspecified atom stereocenters. The Balaban J connectivity index is 1.46. The first-order valence-corrected chi connectivity index (χ1v) is 12.9. The van der Waals surface area contributed by atoms with Crippen molar-refractivity contribution in [3.05, 3.63) is 47.1 Å². The Morgan fingerprint density at radius 1 is 1.09 bits per heavy atom. The van der Waals surface area contributed by atoms with Crippen LogP contribution in [0, 0.1) is 19.8 Å². The maximum Gasteiger partial charge on any atom is 0.328 e. The normalized spacial score (nSPS) is 19.3. The second-order valence-electron chi connectivity index (χ2n) is 9.75. The summed E-state index contributed by atoms with van der Waals surface area (Å²) < 4.78 is 11.0. The molecule has 0 bridgehead atoms. The van der Waals surface area contributed by atoms with E-state index in [1.54, 1.807) is 12.0 Å². The molecule has 1 saturated heterocycles. The van der Waals surface area contributed by atoms with Gasteiger partial charge in [0.15, 0.2) is 0 Å². The molecule has 1 saturated carbocycles. The van der Waals surface area contributed by atoms with Gasteiger partial charge in [0, 0.05) is 12.1 Å². The second-order valence-corrected chi connectivity index (χ2v) is 9.75. The lowest BCUT2D eigenvalue weighted by molar-refractivity contribution is -0.156. The zero-order valence-corrected chi connectivity index (χ0v) is 21.2. The standard InChI is InChI=1S/C29H41NO4/c1-21-19-24(20-27(33-4)22(21)2)13-7-6-12-18-34-29(32)26-16-10-11-17-30(26)28(31)23(3)25-14-8-5-9-15-25/h7,13,19-20,25-26H,3,5-6,8-12,14-18H2,1-2,4H3/b13-7+. The van der Waals surface area contributed by atoms with Crippen molar-refractivity contribution >= 4 is 18.0 Å². The fourth-order valence-corrected chi connectivity index (χ4v) is 5.08. The van der Waals surface area contributed by atoms with Gasteiger partial charge < -0.3 is 14.4 Å². The van der Waals surface area contributed by atoms with Crippen LogP contribution in [0.5, 0.6) is 5.75 Å². The average Bonchev–Trinajstić information content (AvgIpc) is 2.87. The van der Waals surface area contributed by atoms with Crippen LogP contribution in [0.4, 0.5) is 0 Å². The molecule has 1 aliphatic carbocycles. The summed E-state index contributed by atoms with van der Waals surface area (Å²) in [7, 11) is 1.69. The number of ether oxygens (including phenoxy) is 2. The average molecular weight is 468 g/mol. The van der Waals surface area contributed by atoms with Crippen LogP contribution in [0.2, 0.25) is 0 Å². The second kappa shape index (κ2) is 12.8. The van der Waals surface area contributed by atoms with E-state index in [4.69, 9.17) is 9.47 Å². The van der Waals surface area contributed by atoms with Crippen LogP contribution in [0.1, 0.15) is 80.9 Å². The van der Waals surface area contributed by atoms with Crippen molar-refractivity contribution in [1.29, 1.82) is 0 Å². The minimum atomic E-state index is -0.472. The first-order chi connectivity index (χ1) is 16.4. The Bertz CT molecular complexity index is 898. The number of benzene rings is 1. The molecule has 0 radical (unpaired) electrons. The van der Waals surface area contributed by atoms with Crippen molar-refractivity contribution in [3.63, 3.8) is 0 Å². The fraction of sp³-hybridized carbons (Fsp3) is 0.586. The molecule has 2 fully saturated rings. The predicted octanol–water partition coefficient (Wildman–Crippen LogP) is 6.17. The lowest BCUT2D eigenvalue weighted by Crippen LogP contribution is -2.49. The van der Waals surface area contributed by atoms with Crippen molar-refractivity contribution in [2.75, 3.05) is 20.3 Å². The molecule has 1 aromatic carbocycles. The van der Waals surface area contributed by atoms with E-state index in [1.807, 2.05) is 6.07 Å². The summed E-state index contributed by atoms with van der Waals surface area (Å²) in [6.07, 6.45) is 13.9. The lowest BCUT2D eigenvalue weighted by atomic mass is 9.83. The molecule has 5 heteroatoms. The third-order valence-corrected chi connectivity index (χ3v) is 7.34. The van der Waals surface area contributed by atoms with Crippen molar-refractivity contribution in [2.45, 2.75) is 84.1 Å². The van der Waals surface area contributed by atoms with Crippen LogP contribution in [-0.2, 0) is 14.3 Å². The van der Waals surface area contributed by atoms with Crippen LogP contribution in [0.25, 0.3) is 6.08 Å². The number of methoxy groups -OCH3 is 1. The van der Waals surface area contributed by atoms with E-state index in [9.17, 15) is 9.59 Å². The zero-order valence-electron chi connectivity index (χ0n) is 21.2. The minimum Gasteiger partial charge on any atom is -0.496 e. The third-order valence-electron chi connectivity index (χ3n) is 7.34. The van der Waals surface area contributed by atoms with Gasteiger partial charge in [-0.25, -0.2) is 4.79 Å². The molecule has 2 aliphatic rings. The number of esters is 1. The zero-order chi connectivity index (χ0) is 24.5. The first-order valence-electron chi connectivity index (χ1n) is 12.9. The number of carbonyl (C=O) groups excluding carboxylic acids is 2. The number of hydrogen-bond donors (Lipinski definition) is 0. The van der Waals surface area contributed by atoms with Gasteiger partial charge in [-0.15, -0.1) is 0 Å². The Morgan fingerprint density at radius 3 is 2.56 bits per heavy atom. The SMILES string of the molecule is C=C(C(=O)N1CCCCC1C(=O)OCCC/C=C/c1cc(C)c(C)c(OC)c1)C1CCCCC1. The molecular weight excluding hydrogens is 426 g/mol. The lowest BCUT2D eigenvalue weighted by Gasteiger charge is -2.36. The van der Waals surface area contributed by atoms with Crippen LogP contribution < -0.4 is 4.74 Å². The number of allylic oxidation sites excluding steroid dienone is 1. The molecule has 3 rings (SSSR count). The number of unbranched alkanes of at least 4 members (excludes halogenated alkanes) is 1. The van der Waals surface area contributed by atoms with Crippen LogP contribution in [0.15, 0.2) is 30.4 Å². The molecule has 1 aromatic rings. The van der Waals surface area contributed by atoms with Gasteiger partial charge in [0.2, 0.25) is 5.91 Å². The highest BCUT2D eigenvalue weighted by Gasteiger charge is 2.35. The molecule has 5 nitrogen and oxygen atoms in total. The number of piperidine rings is 1. The number of amides is 1.